The Labute approximate surface area is 761 Å². The lowest BCUT2D eigenvalue weighted by Crippen LogP contribution is -1.90. The molecule has 0 saturated carbocycles. The molecule has 0 saturated heterocycles. The maximum absolute atomic E-state index is 13.5. The van der Waals surface area contributed by atoms with Crippen molar-refractivity contribution in [3.05, 3.63) is 463 Å². The van der Waals surface area contributed by atoms with Gasteiger partial charge < -0.3 is 23.7 Å². The Morgan fingerprint density at radius 2 is 0.579 bits per heavy atom. The van der Waals surface area contributed by atoms with E-state index < -0.39 is 0 Å². The molecular formula is C113H102Cl4FNO7. The summed E-state index contributed by atoms with van der Waals surface area (Å²) < 4.78 is 39.6. The van der Waals surface area contributed by atoms with Crippen molar-refractivity contribution in [1.29, 1.82) is 0 Å². The van der Waals surface area contributed by atoms with Crippen LogP contribution in [0.5, 0.6) is 28.7 Å². The maximum atomic E-state index is 13.5. The Bertz CT molecular complexity index is 6260. The van der Waals surface area contributed by atoms with Gasteiger partial charge in [0.05, 0.1) is 40.5 Å². The van der Waals surface area contributed by atoms with Gasteiger partial charge in [-0.3, -0.25) is 10.1 Å². The lowest BCUT2D eigenvalue weighted by atomic mass is 9.98. The van der Waals surface area contributed by atoms with E-state index in [1.165, 1.54) is 102 Å². The summed E-state index contributed by atoms with van der Waals surface area (Å²) in [5.74, 6) is 3.26. The molecule has 17 aromatic rings. The van der Waals surface area contributed by atoms with Gasteiger partial charge in [-0.1, -0.05) is 382 Å². The Kier molecular flexibility index (Phi) is 36.0. The Morgan fingerprint density at radius 1 is 0.246 bits per heavy atom. The summed E-state index contributed by atoms with van der Waals surface area (Å²) in [6, 6.07) is 126. The van der Waals surface area contributed by atoms with Crippen molar-refractivity contribution in [3.63, 3.8) is 0 Å². The molecule has 126 heavy (non-hydrogen) atoms. The number of rotatable bonds is 14. The number of hydrogen-bond acceptors (Lipinski definition) is 7. The molecule has 636 valence electrons. The number of nitro groups is 1. The van der Waals surface area contributed by atoms with Crippen molar-refractivity contribution in [2.24, 2.45) is 0 Å². The minimum Gasteiger partial charge on any atom is -0.497 e. The van der Waals surface area contributed by atoms with Crippen molar-refractivity contribution in [3.8, 4) is 118 Å². The van der Waals surface area contributed by atoms with Crippen molar-refractivity contribution in [2.75, 3.05) is 35.5 Å². The summed E-state index contributed by atoms with van der Waals surface area (Å²) in [5.41, 5.74) is 27.6. The van der Waals surface area contributed by atoms with Crippen LogP contribution >= 0.6 is 46.4 Å². The monoisotopic (exact) mass is 1740 g/mol. The molecule has 0 aliphatic heterocycles. The van der Waals surface area contributed by atoms with Crippen molar-refractivity contribution >= 4 is 62.9 Å². The Morgan fingerprint density at radius 3 is 1.02 bits per heavy atom. The van der Waals surface area contributed by atoms with Crippen LogP contribution in [-0.4, -0.2) is 40.5 Å². The van der Waals surface area contributed by atoms with Crippen molar-refractivity contribution < 1.29 is 33.0 Å². The fourth-order valence-electron chi connectivity index (χ4n) is 13.2. The van der Waals surface area contributed by atoms with Crippen LogP contribution in [0.1, 0.15) is 44.5 Å². The Balaban J connectivity index is 0.000000150. The van der Waals surface area contributed by atoms with E-state index in [0.29, 0.717) is 10.0 Å². The van der Waals surface area contributed by atoms with Gasteiger partial charge in [-0.05, 0) is 206 Å². The zero-order valence-corrected chi connectivity index (χ0v) is 76.1. The molecule has 0 fully saturated rings. The highest BCUT2D eigenvalue weighted by molar-refractivity contribution is 6.36. The van der Waals surface area contributed by atoms with Crippen LogP contribution in [0.25, 0.3) is 99.8 Å². The zero-order valence-electron chi connectivity index (χ0n) is 73.1. The molecule has 0 atom stereocenters. The summed E-state index contributed by atoms with van der Waals surface area (Å²) in [4.78, 5) is 10.3. The first-order chi connectivity index (χ1) is 60.9. The molecule has 0 aliphatic rings. The van der Waals surface area contributed by atoms with Crippen LogP contribution < -0.4 is 23.7 Å². The summed E-state index contributed by atoms with van der Waals surface area (Å²) >= 11 is 23.9. The van der Waals surface area contributed by atoms with Crippen LogP contribution in [0.3, 0.4) is 0 Å². The van der Waals surface area contributed by atoms with Gasteiger partial charge in [0, 0.05) is 60.5 Å². The van der Waals surface area contributed by atoms with Crippen LogP contribution in [0.2, 0.25) is 20.1 Å². The van der Waals surface area contributed by atoms with Gasteiger partial charge >= 0.3 is 0 Å². The molecule has 8 nitrogen and oxygen atoms in total. The lowest BCUT2D eigenvalue weighted by molar-refractivity contribution is -0.384. The lowest BCUT2D eigenvalue weighted by Gasteiger charge is -2.10. The van der Waals surface area contributed by atoms with Gasteiger partial charge in [0.2, 0.25) is 0 Å². The van der Waals surface area contributed by atoms with Gasteiger partial charge in [0.25, 0.3) is 5.69 Å². The highest BCUT2D eigenvalue weighted by Crippen LogP contribution is 2.38. The number of hydrogen-bond donors (Lipinski definition) is 0. The van der Waals surface area contributed by atoms with E-state index in [4.69, 9.17) is 70.1 Å². The van der Waals surface area contributed by atoms with Gasteiger partial charge in [0.1, 0.15) is 23.0 Å². The molecule has 0 radical (unpaired) electrons. The molecule has 0 unspecified atom stereocenters. The molecule has 0 aromatic heterocycles. The normalized spacial score (nSPS) is 10.2. The number of ether oxygens (including phenoxy) is 5. The summed E-state index contributed by atoms with van der Waals surface area (Å²) in [7, 11) is 8.14. The van der Waals surface area contributed by atoms with E-state index >= 15 is 0 Å². The predicted molar refractivity (Wildman–Crippen MR) is 530 cm³/mol. The Hall–Kier alpha value is -13.5. The second kappa shape index (κ2) is 47.9. The topological polar surface area (TPSA) is 89.3 Å². The third kappa shape index (κ3) is 28.3. The second-order valence-electron chi connectivity index (χ2n) is 29.9. The van der Waals surface area contributed by atoms with E-state index in [1.54, 1.807) is 52.7 Å². The fourth-order valence-corrected chi connectivity index (χ4v) is 14.1. The standard InChI is InChI=1S/C17H14.2C15H16O2.C14H13FO.C13H10Cl2.2C13H11Cl.C13H11NO2/c1-13-9-11-15(12-10-13)17-8-4-6-14-5-2-3-7-16(14)17;1-11-4-6-12(7-5-11)14-10-13(16-2)8-9-15(14)17-3;1-11-4-6-12(7-5-11)14-9-8-13(16-2)10-15(14)17-3;1-10-3-5-11(6-4-10)12-7-8-14(16-2)13(15)9-12;1-9-2-4-10(5-3-9)12-7-6-11(14)8-13(12)15;1-10-2-4-11(5-3-10)12-6-8-13(14)9-7-12;1-10-6-8-11(9-7-10)12-4-2-3-5-13(12)14;1-10-5-7-11(8-6-10)12-3-2-4-13(9-12)14(15)16/h2-12H,1H3;2*4-10H,1-3H3;3-9H,1-2H3;2-8H,1H3;2*2-9H,1H3;2-9H,1H3. The van der Waals surface area contributed by atoms with Crippen LogP contribution in [0.4, 0.5) is 10.1 Å². The first kappa shape index (κ1) is 94.7. The number of nitrogens with zero attached hydrogens (tertiary/aromatic N) is 1. The van der Waals surface area contributed by atoms with E-state index in [2.05, 4.69) is 230 Å². The van der Waals surface area contributed by atoms with E-state index in [1.807, 2.05) is 172 Å². The van der Waals surface area contributed by atoms with Crippen LogP contribution in [0, 0.1) is 71.3 Å². The van der Waals surface area contributed by atoms with Crippen molar-refractivity contribution in [1.82, 2.24) is 0 Å². The van der Waals surface area contributed by atoms with Crippen LogP contribution in [-0.2, 0) is 0 Å². The largest absolute Gasteiger partial charge is 0.497 e. The van der Waals surface area contributed by atoms with Gasteiger partial charge in [-0.15, -0.1) is 0 Å². The van der Waals surface area contributed by atoms with E-state index in [0.717, 1.165) is 94.2 Å². The second-order valence-corrected chi connectivity index (χ2v) is 31.5. The molecule has 0 N–H and O–H groups in total. The highest BCUT2D eigenvalue weighted by atomic mass is 35.5. The molecule has 17 aromatic carbocycles. The minimum atomic E-state index is -0.377. The van der Waals surface area contributed by atoms with Gasteiger partial charge in [-0.25, -0.2) is 4.39 Å². The maximum Gasteiger partial charge on any atom is 0.270 e. The third-order valence-corrected chi connectivity index (χ3v) is 21.6. The van der Waals surface area contributed by atoms with Gasteiger partial charge in [0.15, 0.2) is 11.6 Å². The molecule has 13 heteroatoms. The average molecular weight is 1750 g/mol. The smallest absolute Gasteiger partial charge is 0.270 e. The number of halogens is 5. The fraction of sp³-hybridized carbons (Fsp3) is 0.115. The van der Waals surface area contributed by atoms with E-state index in [9.17, 15) is 14.5 Å². The molecular weight excluding hydrogens is 1640 g/mol. The molecule has 0 amide bonds. The summed E-state index contributed by atoms with van der Waals surface area (Å²) in [5, 5.41) is 16.2. The number of benzene rings is 17. The molecule has 0 aliphatic carbocycles. The third-order valence-electron chi connectivity index (χ3n) is 20.4. The minimum absolute atomic E-state index is 0.123. The highest BCUT2D eigenvalue weighted by Gasteiger charge is 2.13. The molecule has 0 bridgehead atoms. The average Bonchev–Trinajstić information content (AvgIpc) is 0.800. The number of non-ortho nitro benzene ring substituents is 1. The molecule has 17 rings (SSSR count). The van der Waals surface area contributed by atoms with Crippen molar-refractivity contribution in [2.45, 2.75) is 55.4 Å². The number of nitro benzene ring substituents is 1. The first-order valence-electron chi connectivity index (χ1n) is 40.9. The number of methoxy groups -OCH3 is 5. The van der Waals surface area contributed by atoms with E-state index in [-0.39, 0.29) is 22.2 Å². The van der Waals surface area contributed by atoms with Crippen LogP contribution in [0.15, 0.2) is 382 Å². The molecule has 0 spiro atoms. The summed E-state index contributed by atoms with van der Waals surface area (Å²) in [6.45, 7) is 16.5. The number of aryl methyl sites for hydroxylation is 8. The van der Waals surface area contributed by atoms with Gasteiger partial charge in [-0.2, -0.15) is 0 Å². The summed E-state index contributed by atoms with van der Waals surface area (Å²) in [6.07, 6.45) is 0. The SMILES string of the molecule is COc1ccc(-c2ccc(C)cc2)c(OC)c1.COc1ccc(-c2ccc(C)cc2)cc1F.COc1ccc(OC)c(-c2ccc(C)cc2)c1.Cc1ccc(-c2ccc(Cl)cc2)cc1.Cc1ccc(-c2ccc(Cl)cc2Cl)cc1.Cc1ccc(-c2cccc([N+](=O)[O-])c2)cc1.Cc1ccc(-c2cccc3ccccc23)cc1.Cc1ccc(-c2ccccc2Cl)cc1. The number of fused-ring (bicyclic) bond motifs is 1. The first-order valence-corrected chi connectivity index (χ1v) is 42.4. The zero-order chi connectivity index (χ0) is 90.0. The molecule has 0 heterocycles. The quantitative estimate of drug-likeness (QED) is 0.0791. The predicted octanol–water partition coefficient (Wildman–Crippen LogP) is 33.2.